The number of rotatable bonds is 26. The number of ketones is 2. The second-order valence-corrected chi connectivity index (χ2v) is 24.8. The molecule has 2 heterocycles. The molecule has 2 aliphatic heterocycles. The summed E-state index contributed by atoms with van der Waals surface area (Å²) >= 11 is 3.41. The largest absolute Gasteiger partial charge is 1.00 e. The molecule has 6 rings (SSSR count). The maximum absolute atomic E-state index is 13.9. The standard InChI is InChI=1S/C28H37NO3S2.C20H24BrNO.C8H14O2S2.CH2O3.2K.H/c1-22(29(2)3)20-28(23-12-6-4-7-13-23,24-14-8-5-9-15-24)26(30)21-32-27(31)17-11-10-16-25-18-19-33-34-25;1-16(22(2)3)14-20(19(23)15-21,17-10-6-4-7-11-17)18-12-8-5-9-13-18;9-8(10)4-2-1-3-7-5-6-11-12-7;2-1-4-3;;;/h4-9,12-15,22,25H,10-11,16-21H2,1-3H3;4-13,16H,14-15H2,1-3H3;7H,1-6H2,(H,9,10);1,3H;;;/q;;;;2*+1;-1/p-1/t22?,25-;;7-;;;;/m1.1..../s1. The van der Waals surface area contributed by atoms with Crippen molar-refractivity contribution < 1.29 is 148 Å². The van der Waals surface area contributed by atoms with Crippen molar-refractivity contribution in [3.8, 4) is 0 Å². The van der Waals surface area contributed by atoms with Gasteiger partial charge in [-0.3, -0.25) is 24.0 Å². The van der Waals surface area contributed by atoms with E-state index in [-0.39, 0.29) is 147 Å². The van der Waals surface area contributed by atoms with E-state index in [9.17, 15) is 19.2 Å². The van der Waals surface area contributed by atoms with Crippen LogP contribution in [0.25, 0.3) is 0 Å². The van der Waals surface area contributed by atoms with Gasteiger partial charge in [0.05, 0.1) is 16.2 Å². The third-order valence-corrected chi connectivity index (χ3v) is 19.8. The van der Waals surface area contributed by atoms with Crippen molar-refractivity contribution in [2.75, 3.05) is 51.6 Å². The number of halogens is 1. The topological polar surface area (TPSA) is 154 Å². The summed E-state index contributed by atoms with van der Waals surface area (Å²) in [4.78, 5) is 65.3. The van der Waals surface area contributed by atoms with Gasteiger partial charge in [0.25, 0.3) is 6.47 Å². The molecule has 2 fully saturated rings. The number of aliphatic carboxylic acids is 1. The number of hydrogen-bond acceptors (Lipinski definition) is 14. The van der Waals surface area contributed by atoms with Gasteiger partial charge in [-0.05, 0) is 116 Å². The number of benzene rings is 4. The molecule has 402 valence electrons. The van der Waals surface area contributed by atoms with Crippen LogP contribution in [0, 0.1) is 0 Å². The van der Waals surface area contributed by atoms with Crippen LogP contribution in [0.4, 0.5) is 0 Å². The zero-order valence-corrected chi connectivity index (χ0v) is 56.5. The summed E-state index contributed by atoms with van der Waals surface area (Å²) in [5.41, 5.74) is 2.47. The Balaban J connectivity index is 0.00000115. The Morgan fingerprint density at radius 1 is 0.653 bits per heavy atom. The molecule has 4 aromatic carbocycles. The average molecular weight is 1220 g/mol. The monoisotopic (exact) mass is 1220 g/mol. The van der Waals surface area contributed by atoms with Crippen LogP contribution in [0.1, 0.15) is 115 Å². The first-order chi connectivity index (χ1) is 35.2. The van der Waals surface area contributed by atoms with Crippen molar-refractivity contribution >= 4 is 89.1 Å². The van der Waals surface area contributed by atoms with Crippen molar-refractivity contribution in [2.24, 2.45) is 0 Å². The van der Waals surface area contributed by atoms with Gasteiger partial charge < -0.3 is 31.2 Å². The van der Waals surface area contributed by atoms with Crippen LogP contribution in [0.15, 0.2) is 121 Å². The van der Waals surface area contributed by atoms with Crippen molar-refractivity contribution in [1.82, 2.24) is 9.80 Å². The molecule has 11 nitrogen and oxygen atoms in total. The Morgan fingerprint density at radius 3 is 1.29 bits per heavy atom. The maximum atomic E-state index is 13.9. The van der Waals surface area contributed by atoms with Gasteiger partial charge in [-0.15, -0.1) is 0 Å². The van der Waals surface area contributed by atoms with Crippen LogP contribution in [-0.4, -0.2) is 119 Å². The van der Waals surface area contributed by atoms with E-state index in [1.807, 2.05) is 154 Å². The molecular weight excluding hydrogens is 1140 g/mol. The van der Waals surface area contributed by atoms with Gasteiger partial charge in [-0.1, -0.05) is 193 Å². The molecule has 0 amide bonds. The van der Waals surface area contributed by atoms with Gasteiger partial charge in [0.2, 0.25) is 0 Å². The Hall–Kier alpha value is -0.337. The van der Waals surface area contributed by atoms with Gasteiger partial charge in [-0.2, -0.15) is 0 Å². The number of carbonyl (C=O) groups is 5. The average Bonchev–Trinajstić information content (AvgIpc) is 4.16. The molecular formula is C57H77BrK2N2O9S4. The number of Topliss-reactive ketones (excluding diaryl/α,β-unsaturated/α-hetero) is 2. The Labute approximate surface area is 558 Å². The molecule has 2 saturated heterocycles. The number of esters is 1. The van der Waals surface area contributed by atoms with Gasteiger partial charge >= 0.3 is 115 Å². The Morgan fingerprint density at radius 2 is 1.00 bits per heavy atom. The zero-order valence-electron chi connectivity index (χ0n) is 46.4. The Kier molecular flexibility index (Phi) is 40.3. The third kappa shape index (κ3) is 25.6. The summed E-state index contributed by atoms with van der Waals surface area (Å²) in [5, 5.41) is 18.7. The first kappa shape index (κ1) is 72.7. The number of ether oxygens (including phenoxy) is 1. The van der Waals surface area contributed by atoms with E-state index in [2.05, 4.69) is 82.8 Å². The fourth-order valence-electron chi connectivity index (χ4n) is 8.69. The number of carboxylic acids is 1. The minimum absolute atomic E-state index is 0. The predicted molar refractivity (Wildman–Crippen MR) is 307 cm³/mol. The van der Waals surface area contributed by atoms with Crippen molar-refractivity contribution in [3.63, 3.8) is 0 Å². The van der Waals surface area contributed by atoms with E-state index in [1.54, 1.807) is 0 Å². The minimum Gasteiger partial charge on any atom is -1.00 e. The van der Waals surface area contributed by atoms with E-state index in [4.69, 9.17) is 19.9 Å². The molecule has 4 atom stereocenters. The van der Waals surface area contributed by atoms with Gasteiger partial charge in [0, 0.05) is 46.9 Å². The smallest absolute Gasteiger partial charge is 1.00 e. The van der Waals surface area contributed by atoms with Crippen molar-refractivity contribution in [2.45, 2.75) is 124 Å². The molecule has 4 aromatic rings. The summed E-state index contributed by atoms with van der Waals surface area (Å²) in [6.07, 6.45) is 10.7. The molecule has 18 heteroatoms. The number of alkyl halides is 1. The number of unbranched alkanes of at least 4 members (excludes halogenated alkanes) is 2. The zero-order chi connectivity index (χ0) is 53.5. The fraction of sp³-hybridized carbons (Fsp3) is 0.491. The van der Waals surface area contributed by atoms with Gasteiger partial charge in [0.15, 0.2) is 18.2 Å². The first-order valence-corrected chi connectivity index (χ1v) is 30.9. The number of carboxylic acid groups (broad SMARTS) is 1. The molecule has 0 aromatic heterocycles. The number of hydrogen-bond donors (Lipinski definition) is 1. The summed E-state index contributed by atoms with van der Waals surface area (Å²) < 4.78 is 5.56. The van der Waals surface area contributed by atoms with Crippen molar-refractivity contribution in [3.05, 3.63) is 144 Å². The molecule has 0 aliphatic carbocycles. The third-order valence-electron chi connectivity index (χ3n) is 13.3. The molecule has 2 unspecified atom stereocenters. The van der Waals surface area contributed by atoms with Crippen LogP contribution in [0.2, 0.25) is 0 Å². The van der Waals surface area contributed by atoms with Gasteiger partial charge in [0.1, 0.15) is 0 Å². The first-order valence-electron chi connectivity index (χ1n) is 25.0. The minimum atomic E-state index is -0.885. The Bertz CT molecular complexity index is 2110. The molecule has 0 spiro atoms. The number of nitrogens with zero attached hydrogens (tertiary/aromatic N) is 2. The molecule has 2 aliphatic rings. The number of carbonyl (C=O) groups excluding carboxylic acids is 4. The summed E-state index contributed by atoms with van der Waals surface area (Å²) in [5.74, 6) is 1.68. The molecule has 0 bridgehead atoms. The second kappa shape index (κ2) is 41.6. The van der Waals surface area contributed by atoms with E-state index >= 15 is 0 Å². The van der Waals surface area contributed by atoms with Crippen LogP contribution < -0.4 is 108 Å². The van der Waals surface area contributed by atoms with E-state index < -0.39 is 16.8 Å². The van der Waals surface area contributed by atoms with E-state index in [1.165, 1.54) is 30.8 Å². The van der Waals surface area contributed by atoms with Crippen LogP contribution >= 0.6 is 59.1 Å². The molecule has 0 radical (unpaired) electrons. The van der Waals surface area contributed by atoms with E-state index in [0.717, 1.165) is 71.3 Å². The normalized spacial score (nSPS) is 15.7. The van der Waals surface area contributed by atoms with Crippen molar-refractivity contribution in [1.29, 1.82) is 0 Å². The van der Waals surface area contributed by atoms with Crippen LogP contribution in [0.5, 0.6) is 0 Å². The van der Waals surface area contributed by atoms with Crippen LogP contribution in [0.3, 0.4) is 0 Å². The molecule has 1 N–H and O–H groups in total. The van der Waals surface area contributed by atoms with Gasteiger partial charge in [-0.25, -0.2) is 0 Å². The summed E-state index contributed by atoms with van der Waals surface area (Å²) in [7, 11) is 16.0. The van der Waals surface area contributed by atoms with Crippen LogP contribution in [-0.2, 0) is 44.4 Å². The fourth-order valence-corrected chi connectivity index (χ4v) is 15.2. The quantitative estimate of drug-likeness (QED) is 0.0119. The molecule has 0 saturated carbocycles. The maximum Gasteiger partial charge on any atom is 1.00 e. The van der Waals surface area contributed by atoms with E-state index in [0.29, 0.717) is 24.6 Å². The SMILES string of the molecule is CC(CC(C(=O)CBr)(c1ccccc1)c1ccccc1)N(C)C.CC(CC(C(=O)COC(=O)CCCC[C@@H]1CCSS1)(c1ccccc1)c1ccccc1)N(C)C.O=C(O)CCCC[C@@H]1CCSS1.O=CO[O-].[H-].[K+].[K+]. The molecule has 75 heavy (non-hydrogen) atoms. The predicted octanol–water partition coefficient (Wildman–Crippen LogP) is 5.76. The summed E-state index contributed by atoms with van der Waals surface area (Å²) in [6.45, 7) is 3.90. The summed E-state index contributed by atoms with van der Waals surface area (Å²) in [6, 6.07) is 40.5. The second-order valence-electron chi connectivity index (χ2n) is 18.7.